The predicted octanol–water partition coefficient (Wildman–Crippen LogP) is 2.55. The van der Waals surface area contributed by atoms with Gasteiger partial charge in [-0.3, -0.25) is 0 Å². The second-order valence-electron chi connectivity index (χ2n) is 4.11. The Balaban J connectivity index is 2.23. The van der Waals surface area contributed by atoms with Crippen molar-refractivity contribution in [3.63, 3.8) is 0 Å². The first-order chi connectivity index (χ1) is 9.08. The number of hydrogen-bond donors (Lipinski definition) is 4. The predicted molar refractivity (Wildman–Crippen MR) is 71.9 cm³/mol. The monoisotopic (exact) mass is 258 g/mol. The molecule has 0 radical (unpaired) electrons. The van der Waals surface area contributed by atoms with E-state index in [1.165, 1.54) is 6.08 Å². The maximum Gasteiger partial charge on any atom is 0.161 e. The molecule has 2 aromatic rings. The Morgan fingerprint density at radius 3 is 2.16 bits per heavy atom. The second kappa shape index (κ2) is 5.46. The molecule has 0 aliphatic rings. The van der Waals surface area contributed by atoms with Crippen molar-refractivity contribution in [2.45, 2.75) is 6.10 Å². The Hall–Kier alpha value is -2.46. The van der Waals surface area contributed by atoms with E-state index in [9.17, 15) is 20.4 Å². The summed E-state index contributed by atoms with van der Waals surface area (Å²) in [7, 11) is 0. The lowest BCUT2D eigenvalue weighted by molar-refractivity contribution is 0.223. The smallest absolute Gasteiger partial charge is 0.161 e. The zero-order chi connectivity index (χ0) is 13.8. The highest BCUT2D eigenvalue weighted by atomic mass is 16.3. The average Bonchev–Trinajstić information content (AvgIpc) is 2.41. The van der Waals surface area contributed by atoms with Gasteiger partial charge in [-0.05, 0) is 11.6 Å². The lowest BCUT2D eigenvalue weighted by Gasteiger charge is -2.10. The fraction of sp³-hybridized carbons (Fsp3) is 0.0667. The quantitative estimate of drug-likeness (QED) is 0.504. The van der Waals surface area contributed by atoms with E-state index in [0.717, 1.165) is 17.7 Å². The largest absolute Gasteiger partial charge is 0.507 e. The minimum atomic E-state index is -1.08. The van der Waals surface area contributed by atoms with E-state index in [4.69, 9.17) is 0 Å². The van der Waals surface area contributed by atoms with Crippen LogP contribution in [0.5, 0.6) is 17.2 Å². The van der Waals surface area contributed by atoms with Crippen LogP contribution in [0.1, 0.15) is 17.2 Å². The van der Waals surface area contributed by atoms with Crippen molar-refractivity contribution in [1.82, 2.24) is 0 Å². The van der Waals surface area contributed by atoms with Crippen molar-refractivity contribution in [3.05, 3.63) is 59.7 Å². The first-order valence-corrected chi connectivity index (χ1v) is 5.74. The van der Waals surface area contributed by atoms with Crippen LogP contribution in [0.3, 0.4) is 0 Å². The van der Waals surface area contributed by atoms with Crippen molar-refractivity contribution in [2.24, 2.45) is 0 Å². The van der Waals surface area contributed by atoms with Crippen LogP contribution in [0.25, 0.3) is 6.08 Å². The average molecular weight is 258 g/mol. The van der Waals surface area contributed by atoms with Gasteiger partial charge in [0.1, 0.15) is 11.9 Å². The normalized spacial score (nSPS) is 12.7. The first kappa shape index (κ1) is 13.0. The number of phenols is 3. The highest BCUT2D eigenvalue weighted by Gasteiger charge is 2.13. The fourth-order valence-corrected chi connectivity index (χ4v) is 1.69. The molecule has 0 saturated carbocycles. The van der Waals surface area contributed by atoms with Gasteiger partial charge in [0.2, 0.25) is 0 Å². The fourth-order valence-electron chi connectivity index (χ4n) is 1.69. The topological polar surface area (TPSA) is 80.9 Å². The number of rotatable bonds is 3. The van der Waals surface area contributed by atoms with E-state index >= 15 is 0 Å². The van der Waals surface area contributed by atoms with E-state index < -0.39 is 11.9 Å². The molecule has 0 fully saturated rings. The SMILES string of the molecule is Oc1cc(O)c(C(O)C=Cc2ccccc2)cc1O. The zero-order valence-corrected chi connectivity index (χ0v) is 10.1. The molecular formula is C15H14O4. The van der Waals surface area contributed by atoms with Gasteiger partial charge in [0.25, 0.3) is 0 Å². The summed E-state index contributed by atoms with van der Waals surface area (Å²) in [6, 6.07) is 11.5. The summed E-state index contributed by atoms with van der Waals surface area (Å²) < 4.78 is 0. The number of aliphatic hydroxyl groups excluding tert-OH is 1. The van der Waals surface area contributed by atoms with Crippen molar-refractivity contribution < 1.29 is 20.4 Å². The minimum absolute atomic E-state index is 0.127. The number of benzene rings is 2. The van der Waals surface area contributed by atoms with Gasteiger partial charge in [-0.15, -0.1) is 0 Å². The molecule has 4 heteroatoms. The summed E-state index contributed by atoms with van der Waals surface area (Å²) >= 11 is 0. The van der Waals surface area contributed by atoms with Crippen molar-refractivity contribution >= 4 is 6.08 Å². The maximum absolute atomic E-state index is 9.94. The van der Waals surface area contributed by atoms with Gasteiger partial charge in [0.05, 0.1) is 0 Å². The van der Waals surface area contributed by atoms with Crippen LogP contribution >= 0.6 is 0 Å². The van der Waals surface area contributed by atoms with Crippen molar-refractivity contribution in [1.29, 1.82) is 0 Å². The molecule has 98 valence electrons. The van der Waals surface area contributed by atoms with E-state index in [0.29, 0.717) is 0 Å². The van der Waals surface area contributed by atoms with E-state index in [1.807, 2.05) is 30.3 Å². The molecule has 0 amide bonds. The number of phenolic OH excluding ortho intramolecular Hbond substituents is 3. The Labute approximate surface area is 110 Å². The lowest BCUT2D eigenvalue weighted by atomic mass is 10.1. The maximum atomic E-state index is 9.94. The Kier molecular flexibility index (Phi) is 3.73. The van der Waals surface area contributed by atoms with E-state index in [-0.39, 0.29) is 17.1 Å². The van der Waals surface area contributed by atoms with Crippen LogP contribution in [0.2, 0.25) is 0 Å². The van der Waals surface area contributed by atoms with Gasteiger partial charge < -0.3 is 20.4 Å². The number of aromatic hydroxyl groups is 3. The Bertz CT molecular complexity index is 591. The molecule has 4 nitrogen and oxygen atoms in total. The molecule has 4 N–H and O–H groups in total. The molecule has 0 saturated heterocycles. The third-order valence-corrected chi connectivity index (χ3v) is 2.71. The molecule has 0 aliphatic carbocycles. The molecule has 0 spiro atoms. The van der Waals surface area contributed by atoms with Crippen LogP contribution in [0, 0.1) is 0 Å². The standard InChI is InChI=1S/C15H14O4/c16-12(7-6-10-4-2-1-3-5-10)11-8-14(18)15(19)9-13(11)17/h1-9,12,16-19H. The molecule has 2 rings (SSSR count). The van der Waals surface area contributed by atoms with E-state index in [2.05, 4.69) is 0 Å². The summed E-state index contributed by atoms with van der Waals surface area (Å²) in [4.78, 5) is 0. The zero-order valence-electron chi connectivity index (χ0n) is 10.1. The molecule has 0 heterocycles. The molecule has 1 unspecified atom stereocenters. The van der Waals surface area contributed by atoms with Crippen LogP contribution in [0.15, 0.2) is 48.5 Å². The Morgan fingerprint density at radius 2 is 1.47 bits per heavy atom. The van der Waals surface area contributed by atoms with Crippen LogP contribution in [-0.2, 0) is 0 Å². The summed E-state index contributed by atoms with van der Waals surface area (Å²) in [5, 5.41) is 38.1. The number of aliphatic hydroxyl groups is 1. The highest BCUT2D eigenvalue weighted by molar-refractivity contribution is 5.53. The van der Waals surface area contributed by atoms with E-state index in [1.54, 1.807) is 6.08 Å². The molecule has 19 heavy (non-hydrogen) atoms. The summed E-state index contributed by atoms with van der Waals surface area (Å²) in [6.07, 6.45) is 2.11. The van der Waals surface area contributed by atoms with Crippen molar-refractivity contribution in [3.8, 4) is 17.2 Å². The van der Waals surface area contributed by atoms with Crippen LogP contribution < -0.4 is 0 Å². The summed E-state index contributed by atoms with van der Waals surface area (Å²) in [6.45, 7) is 0. The molecule has 2 aromatic carbocycles. The highest BCUT2D eigenvalue weighted by Crippen LogP contribution is 2.35. The van der Waals surface area contributed by atoms with Gasteiger partial charge >= 0.3 is 0 Å². The second-order valence-corrected chi connectivity index (χ2v) is 4.11. The lowest BCUT2D eigenvalue weighted by Crippen LogP contribution is -1.93. The van der Waals surface area contributed by atoms with Crippen LogP contribution in [-0.4, -0.2) is 20.4 Å². The first-order valence-electron chi connectivity index (χ1n) is 5.74. The third-order valence-electron chi connectivity index (χ3n) is 2.71. The number of hydrogen-bond acceptors (Lipinski definition) is 4. The van der Waals surface area contributed by atoms with Gasteiger partial charge in [0.15, 0.2) is 11.5 Å². The van der Waals surface area contributed by atoms with Gasteiger partial charge in [0, 0.05) is 11.6 Å². The summed E-state index contributed by atoms with van der Waals surface area (Å²) in [5.74, 6) is -1.10. The van der Waals surface area contributed by atoms with Crippen molar-refractivity contribution in [2.75, 3.05) is 0 Å². The van der Waals surface area contributed by atoms with Gasteiger partial charge in [-0.2, -0.15) is 0 Å². The van der Waals surface area contributed by atoms with Crippen LogP contribution in [0.4, 0.5) is 0 Å². The summed E-state index contributed by atoms with van der Waals surface area (Å²) in [5.41, 5.74) is 1.03. The molecule has 0 bridgehead atoms. The minimum Gasteiger partial charge on any atom is -0.507 e. The third kappa shape index (κ3) is 3.05. The Morgan fingerprint density at radius 1 is 0.842 bits per heavy atom. The molecule has 0 aromatic heterocycles. The molecule has 1 atom stereocenters. The molecular weight excluding hydrogens is 244 g/mol. The molecule has 0 aliphatic heterocycles. The van der Waals surface area contributed by atoms with Gasteiger partial charge in [-0.1, -0.05) is 42.5 Å². The van der Waals surface area contributed by atoms with Gasteiger partial charge in [-0.25, -0.2) is 0 Å².